The first-order chi connectivity index (χ1) is 12.6. The van der Waals surface area contributed by atoms with Gasteiger partial charge in [0.05, 0.1) is 18.9 Å². The Labute approximate surface area is 156 Å². The number of aromatic nitrogens is 2. The fraction of sp³-hybridized carbons (Fsp3) is 0.389. The number of methoxy groups -OCH3 is 1. The Balaban J connectivity index is 1.94. The summed E-state index contributed by atoms with van der Waals surface area (Å²) in [7, 11) is 1.62. The summed E-state index contributed by atoms with van der Waals surface area (Å²) in [5.41, 5.74) is 4.22. The summed E-state index contributed by atoms with van der Waals surface area (Å²) in [6.07, 6.45) is 2.26. The fourth-order valence-corrected chi connectivity index (χ4v) is 3.35. The molecule has 3 rings (SSSR count). The van der Waals surface area contributed by atoms with Gasteiger partial charge in [-0.1, -0.05) is 31.5 Å². The van der Waals surface area contributed by atoms with Crippen molar-refractivity contribution in [3.05, 3.63) is 50.5 Å². The first-order valence-corrected chi connectivity index (χ1v) is 8.99. The average Bonchev–Trinajstić information content (AvgIpc) is 3.10. The third-order valence-electron chi connectivity index (χ3n) is 4.46. The number of aromatic hydroxyl groups is 1. The van der Waals surface area contributed by atoms with Crippen molar-refractivity contribution in [1.82, 2.24) is 15.0 Å². The van der Waals surface area contributed by atoms with Crippen LogP contribution in [0.4, 0.5) is 0 Å². The molecule has 1 unspecified atom stereocenters. The molecule has 0 radical (unpaired) electrons. The largest absolute Gasteiger partial charge is 0.496 e. The van der Waals surface area contributed by atoms with Crippen LogP contribution in [-0.2, 0) is 6.54 Å². The SMILES string of the molecule is CCCCn1c(O)c(C2=NNC(c3ccccc3OC)C2)c(=O)[nH]c1=S. The van der Waals surface area contributed by atoms with E-state index in [4.69, 9.17) is 17.0 Å². The van der Waals surface area contributed by atoms with E-state index in [0.717, 1.165) is 24.2 Å². The molecule has 3 N–H and O–H groups in total. The number of H-pyrrole nitrogens is 1. The lowest BCUT2D eigenvalue weighted by molar-refractivity contribution is 0.398. The van der Waals surface area contributed by atoms with Crippen LogP contribution in [0.5, 0.6) is 11.6 Å². The maximum atomic E-state index is 12.4. The lowest BCUT2D eigenvalue weighted by atomic mass is 9.99. The van der Waals surface area contributed by atoms with Gasteiger partial charge in [-0.25, -0.2) is 0 Å². The second kappa shape index (κ2) is 7.74. The molecule has 1 atom stereocenters. The van der Waals surface area contributed by atoms with Crippen LogP contribution in [0.3, 0.4) is 0 Å². The number of nitrogens with one attached hydrogen (secondary N) is 2. The van der Waals surface area contributed by atoms with E-state index >= 15 is 0 Å². The summed E-state index contributed by atoms with van der Waals surface area (Å²) < 4.78 is 7.17. The van der Waals surface area contributed by atoms with Crippen molar-refractivity contribution in [2.24, 2.45) is 5.10 Å². The average molecular weight is 374 g/mol. The van der Waals surface area contributed by atoms with Gasteiger partial charge in [-0.15, -0.1) is 0 Å². The zero-order chi connectivity index (χ0) is 18.7. The summed E-state index contributed by atoms with van der Waals surface area (Å²) >= 11 is 5.18. The van der Waals surface area contributed by atoms with Gasteiger partial charge < -0.3 is 15.3 Å². The summed E-state index contributed by atoms with van der Waals surface area (Å²) in [6, 6.07) is 7.52. The van der Waals surface area contributed by atoms with Gasteiger partial charge in [0.15, 0.2) is 4.77 Å². The molecule has 7 nitrogen and oxygen atoms in total. The minimum absolute atomic E-state index is 0.131. The molecule has 0 bridgehead atoms. The molecule has 1 aliphatic rings. The zero-order valence-corrected chi connectivity index (χ0v) is 15.6. The molecular weight excluding hydrogens is 352 g/mol. The Morgan fingerprint density at radius 2 is 2.19 bits per heavy atom. The number of unbranched alkanes of at least 4 members (excludes halogenated alkanes) is 1. The minimum atomic E-state index is -0.429. The Bertz CT molecular complexity index is 948. The van der Waals surface area contributed by atoms with Crippen LogP contribution in [0.25, 0.3) is 0 Å². The normalized spacial score (nSPS) is 16.2. The number of aromatic amines is 1. The van der Waals surface area contributed by atoms with Crippen molar-refractivity contribution in [2.75, 3.05) is 7.11 Å². The zero-order valence-electron chi connectivity index (χ0n) is 14.8. The predicted octanol–water partition coefficient (Wildman–Crippen LogP) is 2.86. The van der Waals surface area contributed by atoms with E-state index in [9.17, 15) is 9.90 Å². The quantitative estimate of drug-likeness (QED) is 0.676. The summed E-state index contributed by atoms with van der Waals surface area (Å²) in [4.78, 5) is 15.1. The van der Waals surface area contributed by atoms with Crippen LogP contribution in [-0.4, -0.2) is 27.5 Å². The number of hydrogen-bond donors (Lipinski definition) is 3. The molecule has 1 aromatic heterocycles. The maximum absolute atomic E-state index is 12.4. The first-order valence-electron chi connectivity index (χ1n) is 8.58. The van der Waals surface area contributed by atoms with Crippen LogP contribution in [0.15, 0.2) is 34.2 Å². The smallest absolute Gasteiger partial charge is 0.264 e. The van der Waals surface area contributed by atoms with Crippen molar-refractivity contribution in [3.63, 3.8) is 0 Å². The van der Waals surface area contributed by atoms with E-state index in [2.05, 4.69) is 22.4 Å². The number of rotatable bonds is 6. The van der Waals surface area contributed by atoms with Crippen molar-refractivity contribution in [1.29, 1.82) is 0 Å². The van der Waals surface area contributed by atoms with Crippen LogP contribution < -0.4 is 15.7 Å². The molecule has 0 saturated heterocycles. The fourth-order valence-electron chi connectivity index (χ4n) is 3.08. The van der Waals surface area contributed by atoms with Gasteiger partial charge in [0, 0.05) is 18.5 Å². The standard InChI is InChI=1S/C18H22N4O3S/c1-3-4-9-22-17(24)15(16(23)19-18(22)26)13-10-12(20-21-13)11-7-5-6-8-14(11)25-2/h5-8,12,20,24H,3-4,9-10H2,1-2H3,(H,19,23,26). The molecule has 2 heterocycles. The van der Waals surface area contributed by atoms with Gasteiger partial charge >= 0.3 is 0 Å². The van der Waals surface area contributed by atoms with E-state index in [1.165, 1.54) is 0 Å². The summed E-state index contributed by atoms with van der Waals surface area (Å²) in [5, 5.41) is 14.9. The van der Waals surface area contributed by atoms with Crippen molar-refractivity contribution in [2.45, 2.75) is 38.8 Å². The highest BCUT2D eigenvalue weighted by molar-refractivity contribution is 7.71. The third kappa shape index (κ3) is 3.37. The number of hydrogen-bond acceptors (Lipinski definition) is 6. The van der Waals surface area contributed by atoms with Crippen molar-refractivity contribution >= 4 is 17.9 Å². The molecule has 138 valence electrons. The van der Waals surface area contributed by atoms with Gasteiger partial charge in [-0.05, 0) is 24.7 Å². The predicted molar refractivity (Wildman–Crippen MR) is 102 cm³/mol. The lowest BCUT2D eigenvalue weighted by Gasteiger charge is -2.15. The second-order valence-electron chi connectivity index (χ2n) is 6.15. The highest BCUT2D eigenvalue weighted by atomic mass is 32.1. The minimum Gasteiger partial charge on any atom is -0.496 e. The van der Waals surface area contributed by atoms with E-state index in [1.54, 1.807) is 11.7 Å². The Morgan fingerprint density at radius 1 is 1.42 bits per heavy atom. The lowest BCUT2D eigenvalue weighted by Crippen LogP contribution is -2.22. The maximum Gasteiger partial charge on any atom is 0.264 e. The van der Waals surface area contributed by atoms with E-state index in [-0.39, 0.29) is 22.3 Å². The highest BCUT2D eigenvalue weighted by Gasteiger charge is 2.28. The summed E-state index contributed by atoms with van der Waals surface area (Å²) in [6.45, 7) is 2.59. The van der Waals surface area contributed by atoms with Crippen LogP contribution >= 0.6 is 12.2 Å². The van der Waals surface area contributed by atoms with Crippen LogP contribution in [0.2, 0.25) is 0 Å². The highest BCUT2D eigenvalue weighted by Crippen LogP contribution is 2.31. The van der Waals surface area contributed by atoms with Gasteiger partial charge in [0.2, 0.25) is 5.88 Å². The topological polar surface area (TPSA) is 91.6 Å². The van der Waals surface area contributed by atoms with Gasteiger partial charge in [-0.2, -0.15) is 5.10 Å². The molecule has 1 aromatic carbocycles. The van der Waals surface area contributed by atoms with Crippen LogP contribution in [0, 0.1) is 4.77 Å². The first kappa shape index (κ1) is 18.2. The van der Waals surface area contributed by atoms with E-state index in [1.807, 2.05) is 24.3 Å². The molecule has 0 amide bonds. The molecule has 1 aliphatic heterocycles. The van der Waals surface area contributed by atoms with Crippen LogP contribution in [0.1, 0.15) is 43.4 Å². The number of benzene rings is 1. The van der Waals surface area contributed by atoms with Crippen molar-refractivity contribution < 1.29 is 9.84 Å². The van der Waals surface area contributed by atoms with Gasteiger partial charge in [0.1, 0.15) is 11.3 Å². The molecule has 8 heteroatoms. The van der Waals surface area contributed by atoms with Crippen molar-refractivity contribution in [3.8, 4) is 11.6 Å². The Morgan fingerprint density at radius 3 is 2.92 bits per heavy atom. The van der Waals surface area contributed by atoms with Gasteiger partial charge in [0.25, 0.3) is 5.56 Å². The van der Waals surface area contributed by atoms with Gasteiger partial charge in [-0.3, -0.25) is 14.3 Å². The number of para-hydroxylation sites is 1. The third-order valence-corrected chi connectivity index (χ3v) is 4.79. The molecular formula is C18H22N4O3S. The van der Waals surface area contributed by atoms with E-state index < -0.39 is 5.56 Å². The number of ether oxygens (including phenoxy) is 1. The second-order valence-corrected chi connectivity index (χ2v) is 6.54. The molecule has 0 saturated carbocycles. The molecule has 2 aromatic rings. The molecule has 0 aliphatic carbocycles. The molecule has 0 fully saturated rings. The summed E-state index contributed by atoms with van der Waals surface area (Å²) in [5.74, 6) is 0.618. The number of nitrogens with zero attached hydrogens (tertiary/aromatic N) is 2. The number of hydrazone groups is 1. The van der Waals surface area contributed by atoms with E-state index in [0.29, 0.717) is 18.7 Å². The molecule has 26 heavy (non-hydrogen) atoms. The molecule has 0 spiro atoms. The Hall–Kier alpha value is -2.61. The monoisotopic (exact) mass is 374 g/mol. The Kier molecular flexibility index (Phi) is 5.41.